The lowest BCUT2D eigenvalue weighted by atomic mass is 10.1. The number of carbonyl (C=O) groups excluding carboxylic acids is 1. The Bertz CT molecular complexity index is 535. The topological polar surface area (TPSA) is 53.4 Å². The lowest BCUT2D eigenvalue weighted by Crippen LogP contribution is -2.49. The van der Waals surface area contributed by atoms with Crippen LogP contribution in [0.2, 0.25) is 5.15 Å². The number of piperazine rings is 1. The zero-order chi connectivity index (χ0) is 17.0. The fourth-order valence-corrected chi connectivity index (χ4v) is 3.13. The summed E-state index contributed by atoms with van der Waals surface area (Å²) < 4.78 is 1.74. The van der Waals surface area contributed by atoms with Crippen LogP contribution in [0.15, 0.2) is 0 Å². The number of aryl methyl sites for hydroxylation is 1. The van der Waals surface area contributed by atoms with Gasteiger partial charge in [0.25, 0.3) is 0 Å². The average Bonchev–Trinajstić information content (AvgIpc) is 2.80. The third kappa shape index (κ3) is 4.68. The number of halogens is 1. The second-order valence-corrected chi connectivity index (χ2v) is 6.82. The van der Waals surface area contributed by atoms with Crippen molar-refractivity contribution in [1.82, 2.24) is 24.9 Å². The molecule has 6 nitrogen and oxygen atoms in total. The van der Waals surface area contributed by atoms with E-state index in [1.165, 1.54) is 0 Å². The standard InChI is InChI=1S/C16H28ClN5O/c1-12(2)15-14(16(17)20(4)19-15)11-18-5-6-21-7-9-22(10-8-21)13(3)23/h12,18H,5-11H2,1-4H3. The van der Waals surface area contributed by atoms with Crippen LogP contribution in [0.5, 0.6) is 0 Å². The highest BCUT2D eigenvalue weighted by Gasteiger charge is 2.19. The number of hydrogen-bond acceptors (Lipinski definition) is 4. The minimum Gasteiger partial charge on any atom is -0.340 e. The van der Waals surface area contributed by atoms with E-state index in [1.54, 1.807) is 11.6 Å². The number of nitrogens with one attached hydrogen (secondary N) is 1. The van der Waals surface area contributed by atoms with E-state index < -0.39 is 0 Å². The quantitative estimate of drug-likeness (QED) is 0.796. The highest BCUT2D eigenvalue weighted by atomic mass is 35.5. The smallest absolute Gasteiger partial charge is 0.219 e. The van der Waals surface area contributed by atoms with Gasteiger partial charge in [-0.2, -0.15) is 5.10 Å². The molecule has 1 N–H and O–H groups in total. The summed E-state index contributed by atoms with van der Waals surface area (Å²) in [5, 5.41) is 8.69. The molecule has 0 bridgehead atoms. The fraction of sp³-hybridized carbons (Fsp3) is 0.750. The highest BCUT2D eigenvalue weighted by Crippen LogP contribution is 2.24. The number of hydrogen-bond donors (Lipinski definition) is 1. The zero-order valence-corrected chi connectivity index (χ0v) is 15.4. The molecule has 7 heteroatoms. The molecular formula is C16H28ClN5O. The summed E-state index contributed by atoms with van der Waals surface area (Å²) in [6.07, 6.45) is 0. The van der Waals surface area contributed by atoms with Crippen LogP contribution < -0.4 is 5.32 Å². The average molecular weight is 342 g/mol. The Kier molecular flexibility index (Phi) is 6.44. The Hall–Kier alpha value is -1.11. The van der Waals surface area contributed by atoms with Crippen LogP contribution in [0.25, 0.3) is 0 Å². The molecule has 0 radical (unpaired) electrons. The van der Waals surface area contributed by atoms with Crippen molar-refractivity contribution in [3.05, 3.63) is 16.4 Å². The van der Waals surface area contributed by atoms with Gasteiger partial charge in [0.15, 0.2) is 0 Å². The molecule has 0 aromatic carbocycles. The van der Waals surface area contributed by atoms with Gasteiger partial charge in [-0.05, 0) is 5.92 Å². The van der Waals surface area contributed by atoms with E-state index in [4.69, 9.17) is 11.6 Å². The SMILES string of the molecule is CC(=O)N1CCN(CCNCc2c(C(C)C)nn(C)c2Cl)CC1. The van der Waals surface area contributed by atoms with Crippen molar-refractivity contribution < 1.29 is 4.79 Å². The Balaban J connectivity index is 1.75. The molecule has 0 saturated carbocycles. The maximum absolute atomic E-state index is 11.3. The molecule has 1 aliphatic rings. The number of nitrogens with zero attached hydrogens (tertiary/aromatic N) is 4. The van der Waals surface area contributed by atoms with E-state index in [2.05, 4.69) is 29.2 Å². The first-order valence-electron chi connectivity index (χ1n) is 8.30. The van der Waals surface area contributed by atoms with Gasteiger partial charge in [-0.25, -0.2) is 0 Å². The minimum atomic E-state index is 0.176. The molecule has 0 aliphatic carbocycles. The van der Waals surface area contributed by atoms with E-state index >= 15 is 0 Å². The molecular weight excluding hydrogens is 314 g/mol. The highest BCUT2D eigenvalue weighted by molar-refractivity contribution is 6.30. The van der Waals surface area contributed by atoms with Crippen LogP contribution in [-0.2, 0) is 18.4 Å². The van der Waals surface area contributed by atoms with Gasteiger partial charge in [-0.1, -0.05) is 25.4 Å². The molecule has 1 aromatic heterocycles. The van der Waals surface area contributed by atoms with Gasteiger partial charge in [0, 0.05) is 65.3 Å². The number of rotatable bonds is 6. The molecule has 1 aromatic rings. The van der Waals surface area contributed by atoms with Gasteiger partial charge in [0.1, 0.15) is 5.15 Å². The normalized spacial score (nSPS) is 16.3. The molecule has 0 unspecified atom stereocenters. The van der Waals surface area contributed by atoms with Crippen molar-refractivity contribution in [3.63, 3.8) is 0 Å². The molecule has 0 atom stereocenters. The van der Waals surface area contributed by atoms with E-state index in [9.17, 15) is 4.79 Å². The summed E-state index contributed by atoms with van der Waals surface area (Å²) in [7, 11) is 1.88. The molecule has 1 aliphatic heterocycles. The number of amides is 1. The molecule has 1 saturated heterocycles. The van der Waals surface area contributed by atoms with Crippen LogP contribution in [0.4, 0.5) is 0 Å². The summed E-state index contributed by atoms with van der Waals surface area (Å²) >= 11 is 6.34. The first kappa shape index (κ1) is 18.2. The molecule has 0 spiro atoms. The Morgan fingerprint density at radius 2 is 1.96 bits per heavy atom. The van der Waals surface area contributed by atoms with Crippen molar-refractivity contribution >= 4 is 17.5 Å². The minimum absolute atomic E-state index is 0.176. The van der Waals surface area contributed by atoms with Crippen LogP contribution in [0.1, 0.15) is 37.9 Å². The molecule has 1 fully saturated rings. The molecule has 1 amide bonds. The Morgan fingerprint density at radius 1 is 1.30 bits per heavy atom. The summed E-state index contributed by atoms with van der Waals surface area (Å²) in [6.45, 7) is 12.1. The van der Waals surface area contributed by atoms with Gasteiger partial charge in [0.05, 0.1) is 5.69 Å². The summed E-state index contributed by atoms with van der Waals surface area (Å²) in [5.41, 5.74) is 2.17. The molecule has 2 rings (SSSR count). The molecule has 2 heterocycles. The predicted molar refractivity (Wildman–Crippen MR) is 92.7 cm³/mol. The molecule has 23 heavy (non-hydrogen) atoms. The van der Waals surface area contributed by atoms with Crippen molar-refractivity contribution in [1.29, 1.82) is 0 Å². The third-order valence-corrected chi connectivity index (χ3v) is 4.84. The second-order valence-electron chi connectivity index (χ2n) is 6.46. The van der Waals surface area contributed by atoms with Gasteiger partial charge in [0.2, 0.25) is 5.91 Å². The van der Waals surface area contributed by atoms with Gasteiger partial charge < -0.3 is 10.2 Å². The van der Waals surface area contributed by atoms with E-state index in [0.29, 0.717) is 5.92 Å². The van der Waals surface area contributed by atoms with Crippen LogP contribution >= 0.6 is 11.6 Å². The van der Waals surface area contributed by atoms with Crippen molar-refractivity contribution in [2.75, 3.05) is 39.3 Å². The van der Waals surface area contributed by atoms with Gasteiger partial charge in [-0.3, -0.25) is 14.4 Å². The van der Waals surface area contributed by atoms with E-state index in [-0.39, 0.29) is 5.91 Å². The summed E-state index contributed by atoms with van der Waals surface area (Å²) in [4.78, 5) is 15.6. The van der Waals surface area contributed by atoms with E-state index in [1.807, 2.05) is 11.9 Å². The van der Waals surface area contributed by atoms with E-state index in [0.717, 1.165) is 62.2 Å². The summed E-state index contributed by atoms with van der Waals surface area (Å²) in [6, 6.07) is 0. The molecule has 130 valence electrons. The van der Waals surface area contributed by atoms with Crippen LogP contribution in [-0.4, -0.2) is 64.8 Å². The number of carbonyl (C=O) groups is 1. The van der Waals surface area contributed by atoms with Crippen molar-refractivity contribution in [2.24, 2.45) is 7.05 Å². The fourth-order valence-electron chi connectivity index (χ4n) is 2.93. The Morgan fingerprint density at radius 3 is 2.52 bits per heavy atom. The van der Waals surface area contributed by atoms with Crippen LogP contribution in [0, 0.1) is 0 Å². The second kappa shape index (κ2) is 8.13. The first-order chi connectivity index (χ1) is 10.9. The predicted octanol–water partition coefficient (Wildman–Crippen LogP) is 1.45. The Labute approximate surface area is 143 Å². The van der Waals surface area contributed by atoms with Crippen LogP contribution in [0.3, 0.4) is 0 Å². The van der Waals surface area contributed by atoms with Crippen molar-refractivity contribution in [2.45, 2.75) is 33.2 Å². The number of aromatic nitrogens is 2. The maximum atomic E-state index is 11.3. The first-order valence-corrected chi connectivity index (χ1v) is 8.67. The van der Waals surface area contributed by atoms with Crippen molar-refractivity contribution in [3.8, 4) is 0 Å². The van der Waals surface area contributed by atoms with Gasteiger partial charge in [-0.15, -0.1) is 0 Å². The summed E-state index contributed by atoms with van der Waals surface area (Å²) in [5.74, 6) is 0.542. The maximum Gasteiger partial charge on any atom is 0.219 e. The lowest BCUT2D eigenvalue weighted by Gasteiger charge is -2.34. The third-order valence-electron chi connectivity index (χ3n) is 4.37. The lowest BCUT2D eigenvalue weighted by molar-refractivity contribution is -0.130. The monoisotopic (exact) mass is 341 g/mol. The zero-order valence-electron chi connectivity index (χ0n) is 14.6. The largest absolute Gasteiger partial charge is 0.340 e. The van der Waals surface area contributed by atoms with Gasteiger partial charge >= 0.3 is 0 Å².